The van der Waals surface area contributed by atoms with Crippen molar-refractivity contribution in [3.8, 4) is 0 Å². The van der Waals surface area contributed by atoms with Crippen molar-refractivity contribution in [1.82, 2.24) is 15.5 Å². The van der Waals surface area contributed by atoms with Gasteiger partial charge in [-0.3, -0.25) is 15.2 Å². The van der Waals surface area contributed by atoms with Crippen molar-refractivity contribution in [2.75, 3.05) is 5.32 Å². The van der Waals surface area contributed by atoms with Crippen LogP contribution in [0.5, 0.6) is 0 Å². The number of benzene rings is 2. The number of halogens is 4. The molecule has 0 aliphatic rings. The first-order valence-corrected chi connectivity index (χ1v) is 10.5. The smallest absolute Gasteiger partial charge is 0.309 e. The van der Waals surface area contributed by atoms with Gasteiger partial charge >= 0.3 is 6.18 Å². The SMILES string of the molecule is Cc1ccc(C(C)N=C(NC(=O)c2ccc(C(C)(C)F)cc2)Nc2cc(C(F)(F)F)[nH]n2)cc1. The van der Waals surface area contributed by atoms with Crippen LogP contribution in [0, 0.1) is 6.92 Å². The molecule has 1 unspecified atom stereocenters. The van der Waals surface area contributed by atoms with Gasteiger partial charge in [0.2, 0.25) is 5.96 Å². The molecule has 180 valence electrons. The number of aromatic nitrogens is 2. The number of alkyl halides is 4. The van der Waals surface area contributed by atoms with E-state index in [2.05, 4.69) is 20.7 Å². The summed E-state index contributed by atoms with van der Waals surface area (Å²) in [4.78, 5) is 17.2. The van der Waals surface area contributed by atoms with Crippen LogP contribution in [0.2, 0.25) is 0 Å². The highest BCUT2D eigenvalue weighted by atomic mass is 19.4. The molecule has 1 aromatic heterocycles. The standard InChI is InChI=1S/C24H25F4N5O/c1-14-5-7-16(8-6-14)15(2)29-22(30-20-13-19(32-33-20)24(26,27)28)31-21(34)17-9-11-18(12-10-17)23(3,4)25/h5-13,15H,1-4H3,(H3,29,30,31,32,33,34). The van der Waals surface area contributed by atoms with E-state index in [1.54, 1.807) is 6.92 Å². The Morgan fingerprint density at radius 1 is 1.03 bits per heavy atom. The van der Waals surface area contributed by atoms with Crippen LogP contribution in [0.4, 0.5) is 23.4 Å². The number of nitrogens with one attached hydrogen (secondary N) is 3. The summed E-state index contributed by atoms with van der Waals surface area (Å²) >= 11 is 0. The molecule has 0 aliphatic carbocycles. The summed E-state index contributed by atoms with van der Waals surface area (Å²) in [5.41, 5.74) is -0.0854. The van der Waals surface area contributed by atoms with Crippen LogP contribution in [-0.4, -0.2) is 22.1 Å². The topological polar surface area (TPSA) is 82.2 Å². The van der Waals surface area contributed by atoms with Crippen LogP contribution < -0.4 is 10.6 Å². The van der Waals surface area contributed by atoms with Gasteiger partial charge in [0.1, 0.15) is 11.4 Å². The number of carbonyl (C=O) groups is 1. The molecule has 10 heteroatoms. The van der Waals surface area contributed by atoms with E-state index in [-0.39, 0.29) is 17.3 Å². The number of aliphatic imine (C=N–C) groups is 1. The maximum absolute atomic E-state index is 14.1. The average Bonchev–Trinajstić information content (AvgIpc) is 3.22. The number of guanidine groups is 1. The monoisotopic (exact) mass is 475 g/mol. The molecule has 3 rings (SSSR count). The van der Waals surface area contributed by atoms with Crippen LogP contribution in [0.25, 0.3) is 0 Å². The normalized spacial score (nSPS) is 13.5. The van der Waals surface area contributed by atoms with Gasteiger partial charge in [-0.25, -0.2) is 9.38 Å². The van der Waals surface area contributed by atoms with E-state index in [4.69, 9.17) is 0 Å². The van der Waals surface area contributed by atoms with Gasteiger partial charge in [-0.1, -0.05) is 42.0 Å². The lowest BCUT2D eigenvalue weighted by molar-refractivity contribution is -0.141. The molecule has 0 aliphatic heterocycles. The first-order chi connectivity index (χ1) is 15.8. The maximum atomic E-state index is 14.1. The van der Waals surface area contributed by atoms with Crippen LogP contribution in [0.15, 0.2) is 59.6 Å². The van der Waals surface area contributed by atoms with Crippen molar-refractivity contribution >= 4 is 17.7 Å². The van der Waals surface area contributed by atoms with Gasteiger partial charge in [0.05, 0.1) is 6.04 Å². The fraction of sp³-hybridized carbons (Fsp3) is 0.292. The predicted molar refractivity (Wildman–Crippen MR) is 122 cm³/mol. The number of carbonyl (C=O) groups excluding carboxylic acids is 1. The highest BCUT2D eigenvalue weighted by Crippen LogP contribution is 2.29. The number of hydrogen-bond donors (Lipinski definition) is 3. The third-order valence-corrected chi connectivity index (χ3v) is 5.08. The number of nitrogens with zero attached hydrogens (tertiary/aromatic N) is 2. The zero-order chi connectivity index (χ0) is 25.1. The van der Waals surface area contributed by atoms with Gasteiger partial charge in [-0.2, -0.15) is 18.3 Å². The second kappa shape index (κ2) is 9.66. The number of rotatable bonds is 5. The second-order valence-electron chi connectivity index (χ2n) is 8.36. The number of hydrogen-bond acceptors (Lipinski definition) is 3. The molecule has 2 aromatic carbocycles. The number of amides is 1. The van der Waals surface area contributed by atoms with E-state index < -0.39 is 29.5 Å². The molecule has 1 amide bonds. The minimum Gasteiger partial charge on any atom is -0.309 e. The molecule has 6 nitrogen and oxygen atoms in total. The predicted octanol–water partition coefficient (Wildman–Crippen LogP) is 5.90. The van der Waals surface area contributed by atoms with Crippen molar-refractivity contribution in [3.63, 3.8) is 0 Å². The van der Waals surface area contributed by atoms with Crippen molar-refractivity contribution < 1.29 is 22.4 Å². The molecule has 0 spiro atoms. The van der Waals surface area contributed by atoms with Crippen LogP contribution in [0.3, 0.4) is 0 Å². The van der Waals surface area contributed by atoms with E-state index in [0.29, 0.717) is 5.56 Å². The Labute approximate surface area is 194 Å². The van der Waals surface area contributed by atoms with Gasteiger partial charge in [-0.15, -0.1) is 0 Å². The first-order valence-electron chi connectivity index (χ1n) is 10.5. The van der Waals surface area contributed by atoms with Crippen molar-refractivity contribution in [1.29, 1.82) is 0 Å². The summed E-state index contributed by atoms with van der Waals surface area (Å²) in [7, 11) is 0. The number of aromatic amines is 1. The Morgan fingerprint density at radius 3 is 2.18 bits per heavy atom. The van der Waals surface area contributed by atoms with E-state index in [0.717, 1.165) is 17.2 Å². The molecule has 34 heavy (non-hydrogen) atoms. The van der Waals surface area contributed by atoms with Gasteiger partial charge in [-0.05, 0) is 51.0 Å². The Hall–Kier alpha value is -3.69. The van der Waals surface area contributed by atoms with E-state index >= 15 is 0 Å². The summed E-state index contributed by atoms with van der Waals surface area (Å²) in [6.45, 7) is 6.53. The molecule has 1 atom stereocenters. The molecule has 0 radical (unpaired) electrons. The highest BCUT2D eigenvalue weighted by Gasteiger charge is 2.33. The lowest BCUT2D eigenvalue weighted by atomic mass is 9.99. The van der Waals surface area contributed by atoms with Crippen molar-refractivity contribution in [2.45, 2.75) is 45.6 Å². The van der Waals surface area contributed by atoms with E-state index in [1.165, 1.54) is 38.1 Å². The summed E-state index contributed by atoms with van der Waals surface area (Å²) in [5, 5.41) is 10.7. The van der Waals surface area contributed by atoms with E-state index in [1.807, 2.05) is 36.3 Å². The Balaban J connectivity index is 1.86. The average molecular weight is 475 g/mol. The largest absolute Gasteiger partial charge is 0.432 e. The summed E-state index contributed by atoms with van der Waals surface area (Å²) < 4.78 is 52.9. The van der Waals surface area contributed by atoms with Crippen molar-refractivity contribution in [2.24, 2.45) is 4.99 Å². The fourth-order valence-electron chi connectivity index (χ4n) is 3.06. The third kappa shape index (κ3) is 6.43. The van der Waals surface area contributed by atoms with Crippen LogP contribution in [0.1, 0.15) is 59.6 Å². The Kier molecular flexibility index (Phi) is 7.09. The Morgan fingerprint density at radius 2 is 1.65 bits per heavy atom. The van der Waals surface area contributed by atoms with Gasteiger partial charge in [0.15, 0.2) is 5.82 Å². The first kappa shape index (κ1) is 24.9. The molecule has 0 saturated heterocycles. The highest BCUT2D eigenvalue weighted by molar-refractivity contribution is 6.09. The van der Waals surface area contributed by atoms with Crippen molar-refractivity contribution in [3.05, 3.63) is 82.5 Å². The molecule has 0 bridgehead atoms. The van der Waals surface area contributed by atoms with Crippen LogP contribution >= 0.6 is 0 Å². The van der Waals surface area contributed by atoms with Gasteiger partial charge in [0.25, 0.3) is 5.91 Å². The molecule has 0 fully saturated rings. The van der Waals surface area contributed by atoms with Crippen LogP contribution in [-0.2, 0) is 11.8 Å². The second-order valence-corrected chi connectivity index (χ2v) is 8.36. The maximum Gasteiger partial charge on any atom is 0.432 e. The quantitative estimate of drug-likeness (QED) is 0.244. The zero-order valence-electron chi connectivity index (χ0n) is 19.1. The van der Waals surface area contributed by atoms with E-state index in [9.17, 15) is 22.4 Å². The lowest BCUT2D eigenvalue weighted by Gasteiger charge is -2.16. The molecule has 0 saturated carbocycles. The minimum absolute atomic E-state index is 0.0896. The fourth-order valence-corrected chi connectivity index (χ4v) is 3.06. The Bertz CT molecular complexity index is 1160. The minimum atomic E-state index is -4.60. The zero-order valence-corrected chi connectivity index (χ0v) is 19.1. The number of anilines is 1. The number of aryl methyl sites for hydroxylation is 1. The molecule has 3 aromatic rings. The van der Waals surface area contributed by atoms with Gasteiger partial charge in [0, 0.05) is 11.6 Å². The summed E-state index contributed by atoms with van der Waals surface area (Å²) in [6, 6.07) is 13.8. The molecular formula is C24H25F4N5O. The number of H-pyrrole nitrogens is 1. The summed E-state index contributed by atoms with van der Waals surface area (Å²) in [6.07, 6.45) is -4.60. The summed E-state index contributed by atoms with van der Waals surface area (Å²) in [5.74, 6) is -0.831. The third-order valence-electron chi connectivity index (χ3n) is 5.08. The lowest BCUT2D eigenvalue weighted by Crippen LogP contribution is -2.36. The molecule has 3 N–H and O–H groups in total. The van der Waals surface area contributed by atoms with Gasteiger partial charge < -0.3 is 5.32 Å². The molecule has 1 heterocycles. The molecular weight excluding hydrogens is 450 g/mol.